The number of carbonyl (C=O) groups excluding carboxylic acids is 1. The van der Waals surface area contributed by atoms with E-state index in [0.717, 1.165) is 31.6 Å². The van der Waals surface area contributed by atoms with E-state index in [2.05, 4.69) is 5.16 Å². The van der Waals surface area contributed by atoms with Crippen LogP contribution in [0.4, 0.5) is 0 Å². The molecule has 23 heavy (non-hydrogen) atoms. The molecule has 2 aliphatic heterocycles. The number of hydrogen-bond donors (Lipinski definition) is 0. The van der Waals surface area contributed by atoms with E-state index in [-0.39, 0.29) is 23.5 Å². The predicted octanol–water partition coefficient (Wildman–Crippen LogP) is 2.52. The summed E-state index contributed by atoms with van der Waals surface area (Å²) in [5.74, 6) is 0.741. The molecule has 2 fully saturated rings. The SMILES string of the molecule is CO[C@H]1CCN(C(=O)c2c(C(C)C)noc2C)C[C@@]12CCCO2. The molecule has 1 amide bonds. The van der Waals surface area contributed by atoms with E-state index in [4.69, 9.17) is 14.0 Å². The smallest absolute Gasteiger partial charge is 0.259 e. The largest absolute Gasteiger partial charge is 0.378 e. The second-order valence-electron chi connectivity index (χ2n) is 6.91. The van der Waals surface area contributed by atoms with Crippen LogP contribution in [-0.2, 0) is 9.47 Å². The molecule has 0 radical (unpaired) electrons. The van der Waals surface area contributed by atoms with Gasteiger partial charge in [0.25, 0.3) is 5.91 Å². The molecule has 3 heterocycles. The molecule has 0 unspecified atom stereocenters. The quantitative estimate of drug-likeness (QED) is 0.855. The van der Waals surface area contributed by atoms with Crippen molar-refractivity contribution in [2.75, 3.05) is 26.8 Å². The zero-order valence-corrected chi connectivity index (χ0v) is 14.4. The van der Waals surface area contributed by atoms with Crippen LogP contribution in [0.25, 0.3) is 0 Å². The van der Waals surface area contributed by atoms with E-state index in [1.165, 1.54) is 0 Å². The molecule has 6 nitrogen and oxygen atoms in total. The lowest BCUT2D eigenvalue weighted by Gasteiger charge is -2.44. The van der Waals surface area contributed by atoms with Gasteiger partial charge in [-0.3, -0.25) is 4.79 Å². The van der Waals surface area contributed by atoms with Crippen LogP contribution in [0.2, 0.25) is 0 Å². The average molecular weight is 322 g/mol. The van der Waals surface area contributed by atoms with Gasteiger partial charge in [-0.1, -0.05) is 19.0 Å². The zero-order valence-electron chi connectivity index (χ0n) is 14.4. The second kappa shape index (κ2) is 6.24. The highest BCUT2D eigenvalue weighted by atomic mass is 16.6. The first-order chi connectivity index (χ1) is 11.0. The van der Waals surface area contributed by atoms with Crippen molar-refractivity contribution in [3.05, 3.63) is 17.0 Å². The Morgan fingerprint density at radius 3 is 2.87 bits per heavy atom. The van der Waals surface area contributed by atoms with Crippen molar-refractivity contribution in [3.8, 4) is 0 Å². The number of aromatic nitrogens is 1. The number of piperidine rings is 1. The molecule has 128 valence electrons. The van der Waals surface area contributed by atoms with Crippen LogP contribution in [0.3, 0.4) is 0 Å². The third-order valence-electron chi connectivity index (χ3n) is 5.06. The summed E-state index contributed by atoms with van der Waals surface area (Å²) in [6.07, 6.45) is 2.81. The van der Waals surface area contributed by atoms with Gasteiger partial charge in [0, 0.05) is 20.3 Å². The molecule has 1 aromatic heterocycles. The molecule has 3 rings (SSSR count). The van der Waals surface area contributed by atoms with E-state index < -0.39 is 0 Å². The fraction of sp³-hybridized carbons (Fsp3) is 0.765. The van der Waals surface area contributed by atoms with Gasteiger partial charge in [0.05, 0.1) is 18.3 Å². The van der Waals surface area contributed by atoms with Crippen LogP contribution in [-0.4, -0.2) is 54.5 Å². The minimum atomic E-state index is -0.355. The Balaban J connectivity index is 1.85. The maximum absolute atomic E-state index is 13.1. The minimum Gasteiger partial charge on any atom is -0.378 e. The van der Waals surface area contributed by atoms with Gasteiger partial charge in [-0.15, -0.1) is 0 Å². The highest BCUT2D eigenvalue weighted by Gasteiger charge is 2.48. The molecule has 0 aliphatic carbocycles. The Morgan fingerprint density at radius 2 is 2.26 bits per heavy atom. The van der Waals surface area contributed by atoms with E-state index in [1.807, 2.05) is 18.7 Å². The van der Waals surface area contributed by atoms with Crippen LogP contribution in [0.1, 0.15) is 60.8 Å². The van der Waals surface area contributed by atoms with Crippen molar-refractivity contribution in [1.82, 2.24) is 10.1 Å². The number of rotatable bonds is 3. The number of likely N-dealkylation sites (tertiary alicyclic amines) is 1. The van der Waals surface area contributed by atoms with E-state index >= 15 is 0 Å². The highest BCUT2D eigenvalue weighted by Crippen LogP contribution is 2.37. The van der Waals surface area contributed by atoms with E-state index in [0.29, 0.717) is 24.4 Å². The fourth-order valence-electron chi connectivity index (χ4n) is 3.85. The summed E-state index contributed by atoms with van der Waals surface area (Å²) in [6.45, 7) is 7.83. The van der Waals surface area contributed by atoms with E-state index in [9.17, 15) is 4.79 Å². The topological polar surface area (TPSA) is 64.8 Å². The summed E-state index contributed by atoms with van der Waals surface area (Å²) >= 11 is 0. The number of amides is 1. The summed E-state index contributed by atoms with van der Waals surface area (Å²) in [7, 11) is 1.73. The molecule has 1 spiro atoms. The Kier molecular flexibility index (Phi) is 4.47. The third kappa shape index (κ3) is 2.78. The van der Waals surface area contributed by atoms with Crippen LogP contribution in [0.5, 0.6) is 0 Å². The third-order valence-corrected chi connectivity index (χ3v) is 5.06. The summed E-state index contributed by atoms with van der Waals surface area (Å²) in [5, 5.41) is 4.07. The number of aryl methyl sites for hydroxylation is 1. The molecule has 1 aromatic rings. The van der Waals surface area contributed by atoms with Crippen LogP contribution < -0.4 is 0 Å². The average Bonchev–Trinajstić information content (AvgIpc) is 3.14. The van der Waals surface area contributed by atoms with Crippen LogP contribution >= 0.6 is 0 Å². The van der Waals surface area contributed by atoms with Crippen molar-refractivity contribution in [2.24, 2.45) is 0 Å². The normalized spacial score (nSPS) is 28.0. The van der Waals surface area contributed by atoms with Gasteiger partial charge < -0.3 is 18.9 Å². The summed E-state index contributed by atoms with van der Waals surface area (Å²) in [5.41, 5.74) is 0.998. The maximum Gasteiger partial charge on any atom is 0.259 e. The molecule has 0 saturated carbocycles. The molecule has 0 bridgehead atoms. The van der Waals surface area contributed by atoms with Gasteiger partial charge in [-0.2, -0.15) is 0 Å². The molecule has 2 aliphatic rings. The van der Waals surface area contributed by atoms with Crippen LogP contribution in [0.15, 0.2) is 4.52 Å². The van der Waals surface area contributed by atoms with Crippen LogP contribution in [0, 0.1) is 6.92 Å². The van der Waals surface area contributed by atoms with Gasteiger partial charge in [0.1, 0.15) is 16.9 Å². The lowest BCUT2D eigenvalue weighted by atomic mass is 9.86. The van der Waals surface area contributed by atoms with Gasteiger partial charge in [-0.05, 0) is 32.1 Å². The van der Waals surface area contributed by atoms with Gasteiger partial charge in [0.2, 0.25) is 0 Å². The fourth-order valence-corrected chi connectivity index (χ4v) is 3.85. The number of carbonyl (C=O) groups is 1. The Labute approximate surface area is 137 Å². The predicted molar refractivity (Wildman–Crippen MR) is 84.6 cm³/mol. The summed E-state index contributed by atoms with van der Waals surface area (Å²) in [6, 6.07) is 0. The molecule has 0 N–H and O–H groups in total. The van der Waals surface area contributed by atoms with Crippen molar-refractivity contribution in [1.29, 1.82) is 0 Å². The maximum atomic E-state index is 13.1. The second-order valence-corrected chi connectivity index (χ2v) is 6.91. The molecular weight excluding hydrogens is 296 g/mol. The number of methoxy groups -OCH3 is 1. The van der Waals surface area contributed by atoms with Crippen molar-refractivity contribution < 1.29 is 18.8 Å². The Morgan fingerprint density at radius 1 is 1.48 bits per heavy atom. The van der Waals surface area contributed by atoms with Crippen molar-refractivity contribution in [2.45, 2.75) is 57.7 Å². The highest BCUT2D eigenvalue weighted by molar-refractivity contribution is 5.96. The molecule has 2 atom stereocenters. The van der Waals surface area contributed by atoms with Gasteiger partial charge >= 0.3 is 0 Å². The Hall–Kier alpha value is -1.40. The number of ether oxygens (including phenoxy) is 2. The van der Waals surface area contributed by atoms with Gasteiger partial charge in [0.15, 0.2) is 0 Å². The summed E-state index contributed by atoms with van der Waals surface area (Å²) in [4.78, 5) is 15.0. The summed E-state index contributed by atoms with van der Waals surface area (Å²) < 4.78 is 16.9. The first-order valence-corrected chi connectivity index (χ1v) is 8.40. The molecule has 2 saturated heterocycles. The zero-order chi connectivity index (χ0) is 16.6. The molecule has 6 heteroatoms. The monoisotopic (exact) mass is 322 g/mol. The standard InChI is InChI=1S/C17H26N2O4/c1-11(2)15-14(12(3)23-18-15)16(20)19-8-6-13(21-4)17(10-19)7-5-9-22-17/h11,13H,5-10H2,1-4H3/t13-,17-/m0/s1. The van der Waals surface area contributed by atoms with Gasteiger partial charge in [-0.25, -0.2) is 0 Å². The Bertz CT molecular complexity index is 575. The van der Waals surface area contributed by atoms with E-state index in [1.54, 1.807) is 14.0 Å². The molecular formula is C17H26N2O4. The number of hydrogen-bond acceptors (Lipinski definition) is 5. The minimum absolute atomic E-state index is 0.00289. The lowest BCUT2D eigenvalue weighted by molar-refractivity contribution is -0.137. The first-order valence-electron chi connectivity index (χ1n) is 8.40. The van der Waals surface area contributed by atoms with Crippen molar-refractivity contribution in [3.63, 3.8) is 0 Å². The lowest BCUT2D eigenvalue weighted by Crippen LogP contribution is -2.58. The number of nitrogens with zero attached hydrogens (tertiary/aromatic N) is 2. The first kappa shape index (κ1) is 16.5. The molecule has 0 aromatic carbocycles. The van der Waals surface area contributed by atoms with Crippen molar-refractivity contribution >= 4 is 5.91 Å².